The number of hydrogen-bond acceptors (Lipinski definition) is 2. The Hall–Kier alpha value is 0.110. The molecular weight excluding hydrogens is 184 g/mol. The van der Waals surface area contributed by atoms with E-state index in [9.17, 15) is 8.76 Å². The lowest BCUT2D eigenvalue weighted by atomic mass is 9.83. The summed E-state index contributed by atoms with van der Waals surface area (Å²) in [5.74, 6) is 0.482. The van der Waals surface area contributed by atoms with Crippen molar-refractivity contribution >= 4 is 11.1 Å². The molecule has 0 aromatic rings. The molecule has 1 fully saturated rings. The van der Waals surface area contributed by atoms with Crippen LogP contribution in [-0.2, 0) is 11.1 Å². The van der Waals surface area contributed by atoms with Gasteiger partial charge in [0.25, 0.3) is 0 Å². The van der Waals surface area contributed by atoms with E-state index in [0.29, 0.717) is 5.92 Å². The highest BCUT2D eigenvalue weighted by atomic mass is 32.2. The lowest BCUT2D eigenvalue weighted by molar-refractivity contribution is 0.314. The molecule has 0 aromatic heterocycles. The first-order valence-electron chi connectivity index (χ1n) is 5.16. The molecule has 0 N–H and O–H groups in total. The third-order valence-corrected chi connectivity index (χ3v) is 4.18. The van der Waals surface area contributed by atoms with Crippen LogP contribution in [0.1, 0.15) is 52.4 Å². The largest absolute Gasteiger partial charge is 0.772 e. The van der Waals surface area contributed by atoms with Crippen molar-refractivity contribution in [3.05, 3.63) is 0 Å². The van der Waals surface area contributed by atoms with Gasteiger partial charge in [0.1, 0.15) is 0 Å². The molecule has 0 aromatic carbocycles. The SMILES string of the molecule is CC(C)CC1(S(=O)[O-])CCCCC1. The molecule has 1 aliphatic carbocycles. The van der Waals surface area contributed by atoms with Crippen LogP contribution in [0.2, 0.25) is 0 Å². The van der Waals surface area contributed by atoms with Gasteiger partial charge in [0.2, 0.25) is 0 Å². The highest BCUT2D eigenvalue weighted by molar-refractivity contribution is 7.80. The van der Waals surface area contributed by atoms with Crippen LogP contribution in [0.15, 0.2) is 0 Å². The van der Waals surface area contributed by atoms with E-state index in [0.717, 1.165) is 32.1 Å². The van der Waals surface area contributed by atoms with Crippen molar-refractivity contribution in [2.75, 3.05) is 0 Å². The Balaban J connectivity index is 2.67. The fourth-order valence-electron chi connectivity index (χ4n) is 2.38. The standard InChI is InChI=1S/C10H20O2S/c1-9(2)8-10(13(11)12)6-4-3-5-7-10/h9H,3-8H2,1-2H3,(H,11,12)/p-1. The normalized spacial score (nSPS) is 24.6. The smallest absolute Gasteiger partial charge is 0.0330 e. The quantitative estimate of drug-likeness (QED) is 0.661. The minimum absolute atomic E-state index is 0.383. The van der Waals surface area contributed by atoms with E-state index < -0.39 is 11.1 Å². The molecule has 0 radical (unpaired) electrons. The monoisotopic (exact) mass is 203 g/mol. The predicted molar refractivity (Wildman–Crippen MR) is 54.2 cm³/mol. The highest BCUT2D eigenvalue weighted by Crippen LogP contribution is 2.37. The first-order chi connectivity index (χ1) is 6.07. The fraction of sp³-hybridized carbons (Fsp3) is 1.00. The molecule has 1 aliphatic rings. The van der Waals surface area contributed by atoms with Crippen LogP contribution in [0.25, 0.3) is 0 Å². The van der Waals surface area contributed by atoms with Crippen LogP contribution in [-0.4, -0.2) is 13.5 Å². The Morgan fingerprint density at radius 1 is 1.31 bits per heavy atom. The van der Waals surface area contributed by atoms with Crippen molar-refractivity contribution in [3.8, 4) is 0 Å². The first kappa shape index (κ1) is 11.2. The highest BCUT2D eigenvalue weighted by Gasteiger charge is 2.33. The molecule has 0 amide bonds. The molecule has 0 spiro atoms. The van der Waals surface area contributed by atoms with Gasteiger partial charge >= 0.3 is 0 Å². The van der Waals surface area contributed by atoms with Crippen molar-refractivity contribution in [2.24, 2.45) is 5.92 Å². The molecule has 0 bridgehead atoms. The lowest BCUT2D eigenvalue weighted by Crippen LogP contribution is -2.37. The van der Waals surface area contributed by atoms with E-state index in [1.807, 2.05) is 0 Å². The maximum Gasteiger partial charge on any atom is 0.0330 e. The zero-order valence-electron chi connectivity index (χ0n) is 8.54. The van der Waals surface area contributed by atoms with Gasteiger partial charge in [0.05, 0.1) is 0 Å². The van der Waals surface area contributed by atoms with Gasteiger partial charge in [-0.05, 0) is 36.3 Å². The van der Waals surface area contributed by atoms with Gasteiger partial charge in [-0.3, -0.25) is 4.21 Å². The Kier molecular flexibility index (Phi) is 3.92. The predicted octanol–water partition coefficient (Wildman–Crippen LogP) is 2.61. The second-order valence-corrected chi connectivity index (χ2v) is 5.91. The Morgan fingerprint density at radius 3 is 2.23 bits per heavy atom. The zero-order valence-corrected chi connectivity index (χ0v) is 9.36. The molecule has 0 aliphatic heterocycles. The van der Waals surface area contributed by atoms with Gasteiger partial charge in [-0.1, -0.05) is 33.1 Å². The molecular formula is C10H19O2S-. The van der Waals surface area contributed by atoms with Crippen molar-refractivity contribution in [1.82, 2.24) is 0 Å². The van der Waals surface area contributed by atoms with Crippen LogP contribution in [0.4, 0.5) is 0 Å². The van der Waals surface area contributed by atoms with Crippen LogP contribution in [0.5, 0.6) is 0 Å². The molecule has 1 saturated carbocycles. The van der Waals surface area contributed by atoms with Gasteiger partial charge in [-0.15, -0.1) is 0 Å². The summed E-state index contributed by atoms with van der Waals surface area (Å²) >= 11 is -1.88. The number of hydrogen-bond donors (Lipinski definition) is 0. The third kappa shape index (κ3) is 2.78. The molecule has 1 rings (SSSR count). The Morgan fingerprint density at radius 2 is 1.85 bits per heavy atom. The van der Waals surface area contributed by atoms with Gasteiger partial charge in [-0.2, -0.15) is 0 Å². The molecule has 1 atom stereocenters. The average molecular weight is 203 g/mol. The first-order valence-corrected chi connectivity index (χ1v) is 6.24. The van der Waals surface area contributed by atoms with Gasteiger partial charge < -0.3 is 4.55 Å². The van der Waals surface area contributed by atoms with Crippen LogP contribution in [0.3, 0.4) is 0 Å². The van der Waals surface area contributed by atoms with E-state index in [1.54, 1.807) is 0 Å². The molecule has 0 saturated heterocycles. The Bertz CT molecular complexity index is 183. The van der Waals surface area contributed by atoms with E-state index in [2.05, 4.69) is 13.8 Å². The van der Waals surface area contributed by atoms with Crippen LogP contribution in [0, 0.1) is 5.92 Å². The molecule has 13 heavy (non-hydrogen) atoms. The third-order valence-electron chi connectivity index (χ3n) is 2.90. The summed E-state index contributed by atoms with van der Waals surface area (Å²) < 4.78 is 22.0. The molecule has 3 heteroatoms. The van der Waals surface area contributed by atoms with Crippen molar-refractivity contribution in [2.45, 2.75) is 57.1 Å². The van der Waals surface area contributed by atoms with Gasteiger partial charge in [-0.25, -0.2) is 0 Å². The lowest BCUT2D eigenvalue weighted by Gasteiger charge is -2.40. The molecule has 78 valence electrons. The zero-order chi connectivity index (χ0) is 9.90. The summed E-state index contributed by atoms with van der Waals surface area (Å²) in [7, 11) is 0. The minimum Gasteiger partial charge on any atom is -0.772 e. The maximum absolute atomic E-state index is 11.2. The fourth-order valence-corrected chi connectivity index (χ4v) is 3.47. The van der Waals surface area contributed by atoms with Crippen LogP contribution >= 0.6 is 0 Å². The second-order valence-electron chi connectivity index (χ2n) is 4.58. The Labute approximate surface area is 83.4 Å². The van der Waals surface area contributed by atoms with E-state index in [4.69, 9.17) is 0 Å². The minimum atomic E-state index is -1.88. The summed E-state index contributed by atoms with van der Waals surface area (Å²) in [6.45, 7) is 4.20. The maximum atomic E-state index is 11.2. The molecule has 2 nitrogen and oxygen atoms in total. The van der Waals surface area contributed by atoms with Gasteiger partial charge in [0, 0.05) is 4.75 Å². The summed E-state index contributed by atoms with van der Waals surface area (Å²) in [6.07, 6.45) is 5.96. The molecule has 0 heterocycles. The summed E-state index contributed by atoms with van der Waals surface area (Å²) in [4.78, 5) is 0. The number of rotatable bonds is 3. The van der Waals surface area contributed by atoms with E-state index >= 15 is 0 Å². The van der Waals surface area contributed by atoms with Crippen molar-refractivity contribution in [3.63, 3.8) is 0 Å². The summed E-state index contributed by atoms with van der Waals surface area (Å²) in [5.41, 5.74) is 0. The second kappa shape index (κ2) is 4.56. The molecule has 1 unspecified atom stereocenters. The van der Waals surface area contributed by atoms with E-state index in [-0.39, 0.29) is 4.75 Å². The summed E-state index contributed by atoms with van der Waals surface area (Å²) in [6, 6.07) is 0. The van der Waals surface area contributed by atoms with Crippen molar-refractivity contribution in [1.29, 1.82) is 0 Å². The average Bonchev–Trinajstić information content (AvgIpc) is 2.04. The van der Waals surface area contributed by atoms with Crippen LogP contribution < -0.4 is 0 Å². The van der Waals surface area contributed by atoms with E-state index in [1.165, 1.54) is 6.42 Å². The summed E-state index contributed by atoms with van der Waals surface area (Å²) in [5, 5.41) is 0. The van der Waals surface area contributed by atoms with Gasteiger partial charge in [0.15, 0.2) is 0 Å². The van der Waals surface area contributed by atoms with Crippen molar-refractivity contribution < 1.29 is 8.76 Å². The topological polar surface area (TPSA) is 40.1 Å².